The molecule has 0 fully saturated rings. The molecule has 0 saturated heterocycles. The van der Waals surface area contributed by atoms with Gasteiger partial charge in [0.1, 0.15) is 12.4 Å². The molecule has 156 valence electrons. The van der Waals surface area contributed by atoms with Crippen LogP contribution in [0, 0.1) is 0 Å². The van der Waals surface area contributed by atoms with Crippen LogP contribution in [0.5, 0.6) is 17.2 Å². The molecule has 29 heavy (non-hydrogen) atoms. The molecule has 0 aliphatic heterocycles. The first-order chi connectivity index (χ1) is 14.1. The highest BCUT2D eigenvalue weighted by atomic mass is 35.5. The minimum absolute atomic E-state index is 0.213. The van der Waals surface area contributed by atoms with Gasteiger partial charge in [-0.3, -0.25) is 4.79 Å². The molecule has 2 aromatic rings. The number of carbonyl (C=O) groups excluding carboxylic acids is 1. The van der Waals surface area contributed by atoms with E-state index in [1.807, 2.05) is 31.2 Å². The summed E-state index contributed by atoms with van der Waals surface area (Å²) in [6.45, 7) is 3.81. The van der Waals surface area contributed by atoms with Crippen molar-refractivity contribution in [2.75, 3.05) is 34.0 Å². The standard InChI is InChI=1S/C22H26ClNO5/c1-4-28-20-14-17(13-19(23)22(20)27-3)7-10-21(25)24-15-16-5-8-18(9-6-16)29-12-11-26-2/h5-10,13-14H,4,11-12,15H2,1-3H3,(H,24,25)/b10-7+. The molecule has 0 aliphatic rings. The molecule has 0 bridgehead atoms. The smallest absolute Gasteiger partial charge is 0.244 e. The fourth-order valence-electron chi connectivity index (χ4n) is 2.51. The number of benzene rings is 2. The Kier molecular flexibility index (Phi) is 9.34. The van der Waals surface area contributed by atoms with Crippen molar-refractivity contribution in [3.8, 4) is 17.2 Å². The quantitative estimate of drug-likeness (QED) is 0.438. The van der Waals surface area contributed by atoms with E-state index >= 15 is 0 Å². The second kappa shape index (κ2) is 12.0. The number of methoxy groups -OCH3 is 2. The third-order valence-electron chi connectivity index (χ3n) is 3.91. The maximum atomic E-state index is 12.1. The van der Waals surface area contributed by atoms with Crippen LogP contribution in [-0.4, -0.2) is 39.9 Å². The van der Waals surface area contributed by atoms with Gasteiger partial charge in [0.25, 0.3) is 0 Å². The van der Waals surface area contributed by atoms with Gasteiger partial charge in [0.15, 0.2) is 11.5 Å². The zero-order valence-electron chi connectivity index (χ0n) is 16.9. The van der Waals surface area contributed by atoms with Crippen LogP contribution in [0.25, 0.3) is 6.08 Å². The van der Waals surface area contributed by atoms with Gasteiger partial charge in [-0.15, -0.1) is 0 Å². The lowest BCUT2D eigenvalue weighted by molar-refractivity contribution is -0.116. The van der Waals surface area contributed by atoms with Crippen molar-refractivity contribution in [2.45, 2.75) is 13.5 Å². The maximum Gasteiger partial charge on any atom is 0.244 e. The Bertz CT molecular complexity index is 821. The van der Waals surface area contributed by atoms with Crippen LogP contribution in [-0.2, 0) is 16.1 Å². The summed E-state index contributed by atoms with van der Waals surface area (Å²) in [4.78, 5) is 12.1. The third kappa shape index (κ3) is 7.33. The van der Waals surface area contributed by atoms with E-state index in [9.17, 15) is 4.79 Å². The second-order valence-corrected chi connectivity index (χ2v) is 6.41. The summed E-state index contributed by atoms with van der Waals surface area (Å²) in [6.07, 6.45) is 3.13. The van der Waals surface area contributed by atoms with E-state index < -0.39 is 0 Å². The molecule has 0 heterocycles. The average molecular weight is 420 g/mol. The number of ether oxygens (including phenoxy) is 4. The summed E-state index contributed by atoms with van der Waals surface area (Å²) in [5, 5.41) is 3.26. The van der Waals surface area contributed by atoms with Crippen LogP contribution in [0.2, 0.25) is 5.02 Å². The average Bonchev–Trinajstić information content (AvgIpc) is 2.72. The Hall–Kier alpha value is -2.70. The predicted molar refractivity (Wildman–Crippen MR) is 114 cm³/mol. The highest BCUT2D eigenvalue weighted by Gasteiger charge is 2.10. The lowest BCUT2D eigenvalue weighted by atomic mass is 10.1. The van der Waals surface area contributed by atoms with Crippen LogP contribution >= 0.6 is 11.6 Å². The fraction of sp³-hybridized carbons (Fsp3) is 0.318. The van der Waals surface area contributed by atoms with Crippen molar-refractivity contribution in [1.82, 2.24) is 5.32 Å². The van der Waals surface area contributed by atoms with Crippen LogP contribution in [0.1, 0.15) is 18.1 Å². The minimum Gasteiger partial charge on any atom is -0.491 e. The van der Waals surface area contributed by atoms with E-state index in [1.54, 1.807) is 25.3 Å². The highest BCUT2D eigenvalue weighted by molar-refractivity contribution is 6.32. The van der Waals surface area contributed by atoms with Gasteiger partial charge in [-0.1, -0.05) is 23.7 Å². The molecule has 0 aliphatic carbocycles. The Morgan fingerprint density at radius 1 is 1.10 bits per heavy atom. The molecule has 1 N–H and O–H groups in total. The monoisotopic (exact) mass is 419 g/mol. The molecule has 0 radical (unpaired) electrons. The van der Waals surface area contributed by atoms with E-state index in [2.05, 4.69) is 5.32 Å². The number of carbonyl (C=O) groups is 1. The van der Waals surface area contributed by atoms with E-state index in [4.69, 9.17) is 30.5 Å². The molecule has 6 nitrogen and oxygen atoms in total. The number of nitrogens with one attached hydrogen (secondary N) is 1. The molecule has 0 spiro atoms. The Morgan fingerprint density at radius 3 is 2.52 bits per heavy atom. The molecule has 7 heteroatoms. The molecule has 0 atom stereocenters. The Morgan fingerprint density at radius 2 is 1.86 bits per heavy atom. The van der Waals surface area contributed by atoms with Gasteiger partial charge in [-0.05, 0) is 48.4 Å². The van der Waals surface area contributed by atoms with Crippen molar-refractivity contribution in [2.24, 2.45) is 0 Å². The zero-order valence-corrected chi connectivity index (χ0v) is 17.6. The highest BCUT2D eigenvalue weighted by Crippen LogP contribution is 2.36. The van der Waals surface area contributed by atoms with Crippen LogP contribution < -0.4 is 19.5 Å². The fourth-order valence-corrected chi connectivity index (χ4v) is 2.81. The van der Waals surface area contributed by atoms with E-state index in [0.29, 0.717) is 42.9 Å². The number of hydrogen-bond acceptors (Lipinski definition) is 5. The molecule has 2 aromatic carbocycles. The maximum absolute atomic E-state index is 12.1. The van der Waals surface area contributed by atoms with E-state index in [1.165, 1.54) is 13.2 Å². The molecule has 1 amide bonds. The summed E-state index contributed by atoms with van der Waals surface area (Å²) >= 11 is 6.22. The van der Waals surface area contributed by atoms with Crippen molar-refractivity contribution in [3.05, 3.63) is 58.6 Å². The molecular formula is C22H26ClNO5. The number of amides is 1. The second-order valence-electron chi connectivity index (χ2n) is 6.00. The first-order valence-corrected chi connectivity index (χ1v) is 9.62. The zero-order chi connectivity index (χ0) is 21.1. The summed E-state index contributed by atoms with van der Waals surface area (Å²) in [5.41, 5.74) is 1.71. The number of halogens is 1. The van der Waals surface area contributed by atoms with Crippen LogP contribution in [0.15, 0.2) is 42.5 Å². The predicted octanol–water partition coefficient (Wildman–Crippen LogP) is 4.10. The van der Waals surface area contributed by atoms with Crippen molar-refractivity contribution in [1.29, 1.82) is 0 Å². The van der Waals surface area contributed by atoms with Crippen molar-refractivity contribution in [3.63, 3.8) is 0 Å². The first-order valence-electron chi connectivity index (χ1n) is 9.24. The number of hydrogen-bond donors (Lipinski definition) is 1. The molecule has 0 saturated carbocycles. The lowest BCUT2D eigenvalue weighted by Gasteiger charge is -2.11. The Labute approximate surface area is 176 Å². The van der Waals surface area contributed by atoms with Gasteiger partial charge in [-0.25, -0.2) is 0 Å². The summed E-state index contributed by atoms with van der Waals surface area (Å²) < 4.78 is 21.3. The largest absolute Gasteiger partial charge is 0.491 e. The summed E-state index contributed by atoms with van der Waals surface area (Å²) in [7, 11) is 3.16. The molecule has 0 unspecified atom stereocenters. The summed E-state index contributed by atoms with van der Waals surface area (Å²) in [6, 6.07) is 11.0. The number of rotatable bonds is 11. The van der Waals surface area contributed by atoms with Gasteiger partial charge in [-0.2, -0.15) is 0 Å². The van der Waals surface area contributed by atoms with Crippen LogP contribution in [0.4, 0.5) is 0 Å². The van der Waals surface area contributed by atoms with Gasteiger partial charge >= 0.3 is 0 Å². The normalized spacial score (nSPS) is 10.8. The molecule has 2 rings (SSSR count). The van der Waals surface area contributed by atoms with E-state index in [-0.39, 0.29) is 5.91 Å². The topological polar surface area (TPSA) is 66.0 Å². The lowest BCUT2D eigenvalue weighted by Crippen LogP contribution is -2.20. The van der Waals surface area contributed by atoms with Crippen molar-refractivity contribution >= 4 is 23.6 Å². The third-order valence-corrected chi connectivity index (χ3v) is 4.19. The minimum atomic E-state index is -0.213. The molecule has 0 aromatic heterocycles. The first kappa shape index (κ1) is 22.6. The van der Waals surface area contributed by atoms with E-state index in [0.717, 1.165) is 16.9 Å². The van der Waals surface area contributed by atoms with Gasteiger partial charge in [0, 0.05) is 19.7 Å². The van der Waals surface area contributed by atoms with Crippen LogP contribution in [0.3, 0.4) is 0 Å². The van der Waals surface area contributed by atoms with Gasteiger partial charge in [0.05, 0.1) is 25.3 Å². The molecular weight excluding hydrogens is 394 g/mol. The SMILES string of the molecule is CCOc1cc(/C=C/C(=O)NCc2ccc(OCCOC)cc2)cc(Cl)c1OC. The Balaban J connectivity index is 1.91. The van der Waals surface area contributed by atoms with Gasteiger partial charge < -0.3 is 24.3 Å². The van der Waals surface area contributed by atoms with Gasteiger partial charge in [0.2, 0.25) is 5.91 Å². The summed E-state index contributed by atoms with van der Waals surface area (Å²) in [5.74, 6) is 1.56. The van der Waals surface area contributed by atoms with Crippen molar-refractivity contribution < 1.29 is 23.7 Å².